The monoisotopic (exact) mass is 219 g/mol. The summed E-state index contributed by atoms with van der Waals surface area (Å²) in [6, 6.07) is 0. The third kappa shape index (κ3) is 33.2. The van der Waals surface area contributed by atoms with E-state index >= 15 is 0 Å². The number of carbonyl (C=O) groups excluding carboxylic acids is 1. The molecule has 0 radical (unpaired) electrons. The number of rotatable bonds is 3. The van der Waals surface area contributed by atoms with Crippen molar-refractivity contribution in [2.45, 2.75) is 0 Å². The first-order valence-corrected chi connectivity index (χ1v) is 4.43. The SMILES string of the molecule is C=CC(=O)[O-].NCCS(=O)(=O)O.[Na+]. The molecule has 0 amide bonds. The molecule has 3 N–H and O–H groups in total. The van der Waals surface area contributed by atoms with Gasteiger partial charge in [-0.25, -0.2) is 0 Å². The number of carbonyl (C=O) groups is 1. The molecule has 0 aromatic heterocycles. The van der Waals surface area contributed by atoms with Crippen molar-refractivity contribution in [3.63, 3.8) is 0 Å². The van der Waals surface area contributed by atoms with Crippen LogP contribution in [0.1, 0.15) is 0 Å². The van der Waals surface area contributed by atoms with E-state index in [2.05, 4.69) is 6.58 Å². The van der Waals surface area contributed by atoms with Crippen LogP contribution in [0.15, 0.2) is 12.7 Å². The van der Waals surface area contributed by atoms with Gasteiger partial charge in [-0.05, 0) is 6.08 Å². The van der Waals surface area contributed by atoms with E-state index in [0.29, 0.717) is 0 Å². The molecular weight excluding hydrogens is 209 g/mol. The fraction of sp³-hybridized carbons (Fsp3) is 0.400. The molecule has 72 valence electrons. The van der Waals surface area contributed by atoms with Crippen LogP contribution in [0, 0.1) is 0 Å². The molecule has 0 unspecified atom stereocenters. The molecule has 0 aliphatic carbocycles. The van der Waals surface area contributed by atoms with Gasteiger partial charge >= 0.3 is 29.6 Å². The van der Waals surface area contributed by atoms with Gasteiger partial charge in [-0.1, -0.05) is 6.58 Å². The van der Waals surface area contributed by atoms with E-state index in [1.54, 1.807) is 0 Å². The van der Waals surface area contributed by atoms with Crippen molar-refractivity contribution in [2.75, 3.05) is 12.3 Å². The van der Waals surface area contributed by atoms with Gasteiger partial charge in [0.1, 0.15) is 0 Å². The summed E-state index contributed by atoms with van der Waals surface area (Å²) in [5.41, 5.74) is 4.78. The van der Waals surface area contributed by atoms with Crippen LogP contribution in [0.4, 0.5) is 0 Å². The molecule has 0 aliphatic heterocycles. The second kappa shape index (κ2) is 10.2. The Morgan fingerprint density at radius 3 is 1.92 bits per heavy atom. The summed E-state index contributed by atoms with van der Waals surface area (Å²) in [4.78, 5) is 9.14. The number of nitrogens with two attached hydrogens (primary N) is 1. The standard InChI is InChI=1S/C3H4O2.C2H7NO3S.Na/c1-2-3(4)5;3-1-2-7(4,5)6;/h2H,1H2,(H,4,5);1-3H2,(H,4,5,6);/q;;+1/p-1. The van der Waals surface area contributed by atoms with Crippen molar-refractivity contribution in [1.82, 2.24) is 0 Å². The molecule has 0 fully saturated rings. The molecule has 0 saturated heterocycles. The molecule has 0 bridgehead atoms. The van der Waals surface area contributed by atoms with Crippen LogP contribution in [-0.2, 0) is 14.9 Å². The summed E-state index contributed by atoms with van der Waals surface area (Å²) in [5.74, 6) is -1.59. The van der Waals surface area contributed by atoms with Crippen molar-refractivity contribution in [1.29, 1.82) is 0 Å². The van der Waals surface area contributed by atoms with Crippen molar-refractivity contribution in [3.8, 4) is 0 Å². The van der Waals surface area contributed by atoms with Crippen LogP contribution in [0.25, 0.3) is 0 Å². The largest absolute Gasteiger partial charge is 1.00 e. The van der Waals surface area contributed by atoms with Gasteiger partial charge < -0.3 is 15.6 Å². The minimum atomic E-state index is -3.80. The predicted octanol–water partition coefficient (Wildman–Crippen LogP) is -5.24. The van der Waals surface area contributed by atoms with Gasteiger partial charge in [0.2, 0.25) is 0 Å². The van der Waals surface area contributed by atoms with E-state index in [9.17, 15) is 8.42 Å². The van der Waals surface area contributed by atoms with Crippen molar-refractivity contribution in [2.24, 2.45) is 5.73 Å². The Morgan fingerprint density at radius 2 is 1.92 bits per heavy atom. The zero-order valence-corrected chi connectivity index (χ0v) is 10.1. The third-order valence-electron chi connectivity index (χ3n) is 0.542. The van der Waals surface area contributed by atoms with Crippen molar-refractivity contribution < 1.29 is 52.4 Å². The molecule has 0 spiro atoms. The zero-order valence-electron chi connectivity index (χ0n) is 7.26. The maximum Gasteiger partial charge on any atom is 1.00 e. The Morgan fingerprint density at radius 1 is 1.62 bits per heavy atom. The second-order valence-corrected chi connectivity index (χ2v) is 3.17. The first-order chi connectivity index (χ1) is 5.33. The maximum absolute atomic E-state index is 9.71. The number of aliphatic carboxylic acids is 1. The van der Waals surface area contributed by atoms with Gasteiger partial charge in [0.05, 0.1) is 11.7 Å². The molecule has 0 rings (SSSR count). The molecule has 0 atom stereocenters. The molecule has 8 heteroatoms. The Bertz CT molecular complexity index is 237. The molecular formula is C5H10NNaO5S. The minimum absolute atomic E-state index is 0. The zero-order chi connectivity index (χ0) is 10.2. The Balaban J connectivity index is -0.000000150. The smallest absolute Gasteiger partial charge is 0.545 e. The van der Waals surface area contributed by atoms with Crippen LogP contribution in [0.3, 0.4) is 0 Å². The summed E-state index contributed by atoms with van der Waals surface area (Å²) < 4.78 is 27.3. The molecule has 13 heavy (non-hydrogen) atoms. The van der Waals surface area contributed by atoms with E-state index in [4.69, 9.17) is 20.2 Å². The van der Waals surface area contributed by atoms with E-state index in [-0.39, 0.29) is 41.9 Å². The number of carboxylic acid groups (broad SMARTS) is 1. The Labute approximate surface area is 98.9 Å². The average molecular weight is 219 g/mol. The Hall–Kier alpha value is 0.0800. The topological polar surface area (TPSA) is 121 Å². The summed E-state index contributed by atoms with van der Waals surface area (Å²) >= 11 is 0. The number of carboxylic acids is 1. The predicted molar refractivity (Wildman–Crippen MR) is 40.7 cm³/mol. The van der Waals surface area contributed by atoms with Crippen LogP contribution in [0.5, 0.6) is 0 Å². The second-order valence-electron chi connectivity index (χ2n) is 1.60. The van der Waals surface area contributed by atoms with E-state index in [0.717, 1.165) is 6.08 Å². The van der Waals surface area contributed by atoms with Crippen molar-refractivity contribution in [3.05, 3.63) is 12.7 Å². The fourth-order valence-electron chi connectivity index (χ4n) is 0.149. The average Bonchev–Trinajstić information content (AvgIpc) is 1.86. The normalized spacial score (nSPS) is 8.77. The molecule has 0 aromatic carbocycles. The summed E-state index contributed by atoms with van der Waals surface area (Å²) in [6.45, 7) is 2.87. The first-order valence-electron chi connectivity index (χ1n) is 2.82. The number of hydrogen-bond acceptors (Lipinski definition) is 5. The van der Waals surface area contributed by atoms with E-state index < -0.39 is 16.1 Å². The van der Waals surface area contributed by atoms with Gasteiger partial charge in [-0.15, -0.1) is 0 Å². The van der Waals surface area contributed by atoms with E-state index in [1.807, 2.05) is 0 Å². The quantitative estimate of drug-likeness (QED) is 0.278. The van der Waals surface area contributed by atoms with E-state index in [1.165, 1.54) is 0 Å². The van der Waals surface area contributed by atoms with Gasteiger partial charge in [-0.2, -0.15) is 8.42 Å². The first kappa shape index (κ1) is 18.8. The molecule has 0 aliphatic rings. The minimum Gasteiger partial charge on any atom is -0.545 e. The number of hydrogen-bond donors (Lipinski definition) is 2. The van der Waals surface area contributed by atoms with Gasteiger partial charge in [0.15, 0.2) is 0 Å². The third-order valence-corrected chi connectivity index (χ3v) is 1.29. The van der Waals surface area contributed by atoms with Crippen LogP contribution < -0.4 is 40.4 Å². The van der Waals surface area contributed by atoms with Crippen LogP contribution in [-0.4, -0.2) is 31.2 Å². The van der Waals surface area contributed by atoms with Gasteiger partial charge in [-0.3, -0.25) is 4.55 Å². The summed E-state index contributed by atoms with van der Waals surface area (Å²) in [6.07, 6.45) is 0.722. The molecule has 0 aromatic rings. The maximum atomic E-state index is 9.71. The van der Waals surface area contributed by atoms with Crippen molar-refractivity contribution >= 4 is 16.1 Å². The van der Waals surface area contributed by atoms with Crippen LogP contribution in [0.2, 0.25) is 0 Å². The summed E-state index contributed by atoms with van der Waals surface area (Å²) in [7, 11) is -3.80. The fourth-order valence-corrected chi connectivity index (χ4v) is 0.447. The Kier molecular flexibility index (Phi) is 14.7. The summed E-state index contributed by atoms with van der Waals surface area (Å²) in [5, 5.41) is 9.14. The van der Waals surface area contributed by atoms with Gasteiger partial charge in [0, 0.05) is 6.54 Å². The molecule has 6 nitrogen and oxygen atoms in total. The molecule has 0 heterocycles. The van der Waals surface area contributed by atoms with Gasteiger partial charge in [0.25, 0.3) is 10.1 Å². The van der Waals surface area contributed by atoms with Crippen LogP contribution >= 0.6 is 0 Å². The molecule has 0 saturated carbocycles.